The minimum absolute atomic E-state index is 0.0330. The van der Waals surface area contributed by atoms with E-state index in [-0.39, 0.29) is 18.1 Å². The van der Waals surface area contributed by atoms with Gasteiger partial charge in [-0.25, -0.2) is 4.98 Å². The first-order chi connectivity index (χ1) is 16.7. The Morgan fingerprint density at radius 3 is 2.65 bits per heavy atom. The number of aromatic nitrogens is 2. The SMILES string of the molecule is COc1ccc(C(NC(=O)CSc2ncc(-c3ccccc3)n2CC2CCCO2)C2CC2)cc1. The van der Waals surface area contributed by atoms with E-state index in [1.807, 2.05) is 36.5 Å². The highest BCUT2D eigenvalue weighted by molar-refractivity contribution is 7.99. The van der Waals surface area contributed by atoms with Crippen molar-refractivity contribution in [3.63, 3.8) is 0 Å². The predicted octanol–water partition coefficient (Wildman–Crippen LogP) is 5.10. The van der Waals surface area contributed by atoms with Gasteiger partial charge < -0.3 is 19.4 Å². The molecular formula is C27H31N3O3S. The van der Waals surface area contributed by atoms with Crippen LogP contribution >= 0.6 is 11.8 Å². The molecule has 2 heterocycles. The summed E-state index contributed by atoms with van der Waals surface area (Å²) in [6.07, 6.45) is 6.56. The number of thioether (sulfide) groups is 1. The van der Waals surface area contributed by atoms with Crippen LogP contribution in [0.2, 0.25) is 0 Å². The van der Waals surface area contributed by atoms with Gasteiger partial charge in [0.15, 0.2) is 5.16 Å². The summed E-state index contributed by atoms with van der Waals surface area (Å²) in [5.74, 6) is 1.70. The van der Waals surface area contributed by atoms with Crippen molar-refractivity contribution in [3.8, 4) is 17.0 Å². The molecule has 2 aromatic carbocycles. The smallest absolute Gasteiger partial charge is 0.230 e. The Balaban J connectivity index is 1.28. The van der Waals surface area contributed by atoms with Crippen molar-refractivity contribution in [2.24, 2.45) is 5.92 Å². The number of benzene rings is 2. The third kappa shape index (κ3) is 5.47. The quantitative estimate of drug-likeness (QED) is 0.412. The molecule has 1 aliphatic heterocycles. The number of hydrogen-bond acceptors (Lipinski definition) is 5. The minimum Gasteiger partial charge on any atom is -0.497 e. The first-order valence-corrected chi connectivity index (χ1v) is 13.0. The number of hydrogen-bond donors (Lipinski definition) is 1. The number of rotatable bonds is 10. The molecule has 1 saturated carbocycles. The standard InChI is InChI=1S/C27H31N3O3S/c1-32-22-13-11-21(12-14-22)26(20-9-10-20)29-25(31)18-34-27-28-16-24(19-6-3-2-4-7-19)30(27)17-23-8-5-15-33-23/h2-4,6-7,11-14,16,20,23,26H,5,8-10,15,17-18H2,1H3,(H,29,31). The second-order valence-corrected chi connectivity index (χ2v) is 9.92. The third-order valence-corrected chi connectivity index (χ3v) is 7.51. The number of imidazole rings is 1. The lowest BCUT2D eigenvalue weighted by Gasteiger charge is -2.19. The van der Waals surface area contributed by atoms with E-state index in [1.54, 1.807) is 7.11 Å². The van der Waals surface area contributed by atoms with Gasteiger partial charge in [0.2, 0.25) is 5.91 Å². The Kier molecular flexibility index (Phi) is 7.21. The van der Waals surface area contributed by atoms with Gasteiger partial charge >= 0.3 is 0 Å². The van der Waals surface area contributed by atoms with Crippen LogP contribution in [0.1, 0.15) is 37.3 Å². The molecule has 2 aliphatic rings. The van der Waals surface area contributed by atoms with Crippen molar-refractivity contribution < 1.29 is 14.3 Å². The monoisotopic (exact) mass is 477 g/mol. The van der Waals surface area contributed by atoms with Gasteiger partial charge in [-0.1, -0.05) is 54.2 Å². The van der Waals surface area contributed by atoms with E-state index in [9.17, 15) is 4.79 Å². The van der Waals surface area contributed by atoms with E-state index in [1.165, 1.54) is 11.8 Å². The maximum absolute atomic E-state index is 13.0. The van der Waals surface area contributed by atoms with Gasteiger partial charge in [0.25, 0.3) is 0 Å². The highest BCUT2D eigenvalue weighted by atomic mass is 32.2. The van der Waals surface area contributed by atoms with Crippen LogP contribution in [0.3, 0.4) is 0 Å². The molecular weight excluding hydrogens is 446 g/mol. The van der Waals surface area contributed by atoms with Gasteiger partial charge in [-0.15, -0.1) is 0 Å². The normalized spacial score (nSPS) is 18.6. The van der Waals surface area contributed by atoms with Crippen LogP contribution < -0.4 is 10.1 Å². The van der Waals surface area contributed by atoms with Crippen LogP contribution in [0.25, 0.3) is 11.3 Å². The third-order valence-electron chi connectivity index (χ3n) is 6.52. The van der Waals surface area contributed by atoms with E-state index < -0.39 is 0 Å². The second-order valence-electron chi connectivity index (χ2n) is 8.98. The molecule has 1 amide bonds. The summed E-state index contributed by atoms with van der Waals surface area (Å²) < 4.78 is 13.4. The molecule has 1 aromatic heterocycles. The molecule has 5 rings (SSSR count). The molecule has 3 aromatic rings. The van der Waals surface area contributed by atoms with Crippen molar-refractivity contribution in [1.29, 1.82) is 0 Å². The Hall–Kier alpha value is -2.77. The van der Waals surface area contributed by atoms with Crippen LogP contribution in [0, 0.1) is 5.92 Å². The summed E-state index contributed by atoms with van der Waals surface area (Å²) >= 11 is 1.49. The van der Waals surface area contributed by atoms with E-state index in [2.05, 4.69) is 39.1 Å². The highest BCUT2D eigenvalue weighted by Gasteiger charge is 2.33. The molecule has 1 aliphatic carbocycles. The fourth-order valence-electron chi connectivity index (χ4n) is 4.54. The predicted molar refractivity (Wildman–Crippen MR) is 134 cm³/mol. The number of amides is 1. The number of carbonyl (C=O) groups is 1. The highest BCUT2D eigenvalue weighted by Crippen LogP contribution is 2.41. The Morgan fingerprint density at radius 2 is 1.97 bits per heavy atom. The zero-order chi connectivity index (χ0) is 23.3. The molecule has 1 N–H and O–H groups in total. The Morgan fingerprint density at radius 1 is 1.18 bits per heavy atom. The van der Waals surface area contributed by atoms with Gasteiger partial charge in [-0.05, 0) is 54.9 Å². The van der Waals surface area contributed by atoms with Gasteiger partial charge in [0.1, 0.15) is 5.75 Å². The van der Waals surface area contributed by atoms with Gasteiger partial charge in [0.05, 0.1) is 43.4 Å². The van der Waals surface area contributed by atoms with Gasteiger partial charge in [-0.2, -0.15) is 0 Å². The molecule has 2 atom stereocenters. The summed E-state index contributed by atoms with van der Waals surface area (Å²) in [5, 5.41) is 4.13. The summed E-state index contributed by atoms with van der Waals surface area (Å²) in [5.41, 5.74) is 3.32. The zero-order valence-corrected chi connectivity index (χ0v) is 20.3. The van der Waals surface area contributed by atoms with Crippen LogP contribution in [0.4, 0.5) is 0 Å². The number of nitrogens with zero attached hydrogens (tertiary/aromatic N) is 2. The topological polar surface area (TPSA) is 65.4 Å². The molecule has 0 radical (unpaired) electrons. The van der Waals surface area contributed by atoms with E-state index in [4.69, 9.17) is 9.47 Å². The summed E-state index contributed by atoms with van der Waals surface area (Å²) in [7, 11) is 1.66. The maximum Gasteiger partial charge on any atom is 0.230 e. The van der Waals surface area contributed by atoms with Gasteiger partial charge in [0, 0.05) is 6.61 Å². The lowest BCUT2D eigenvalue weighted by molar-refractivity contribution is -0.119. The number of methoxy groups -OCH3 is 1. The van der Waals surface area contributed by atoms with Gasteiger partial charge in [-0.3, -0.25) is 4.79 Å². The molecule has 2 fully saturated rings. The molecule has 7 heteroatoms. The first kappa shape index (κ1) is 23.0. The largest absolute Gasteiger partial charge is 0.497 e. The van der Waals surface area contributed by atoms with Crippen LogP contribution in [0.5, 0.6) is 5.75 Å². The van der Waals surface area contributed by atoms with Crippen LogP contribution in [-0.2, 0) is 16.1 Å². The van der Waals surface area contributed by atoms with E-state index in [0.717, 1.165) is 66.6 Å². The Labute approximate surface area is 205 Å². The lowest BCUT2D eigenvalue weighted by atomic mass is 10.0. The lowest BCUT2D eigenvalue weighted by Crippen LogP contribution is -2.31. The van der Waals surface area contributed by atoms with Crippen LogP contribution in [0.15, 0.2) is 66.0 Å². The average molecular weight is 478 g/mol. The summed E-state index contributed by atoms with van der Waals surface area (Å²) in [6.45, 7) is 1.57. The van der Waals surface area contributed by atoms with Crippen molar-refractivity contribution >= 4 is 17.7 Å². The maximum atomic E-state index is 13.0. The average Bonchev–Trinajstić information content (AvgIpc) is 3.44. The fourth-order valence-corrected chi connectivity index (χ4v) is 5.34. The fraction of sp³-hybridized carbons (Fsp3) is 0.407. The molecule has 34 heavy (non-hydrogen) atoms. The molecule has 0 spiro atoms. The molecule has 178 valence electrons. The summed E-state index contributed by atoms with van der Waals surface area (Å²) in [6, 6.07) is 18.3. The molecule has 0 bridgehead atoms. The van der Waals surface area contributed by atoms with Crippen molar-refractivity contribution in [3.05, 3.63) is 66.4 Å². The Bertz CT molecular complexity index is 1090. The van der Waals surface area contributed by atoms with Crippen molar-refractivity contribution in [2.75, 3.05) is 19.5 Å². The first-order valence-electron chi connectivity index (χ1n) is 12.0. The van der Waals surface area contributed by atoms with Crippen molar-refractivity contribution in [2.45, 2.75) is 49.5 Å². The van der Waals surface area contributed by atoms with E-state index >= 15 is 0 Å². The second kappa shape index (κ2) is 10.7. The minimum atomic E-state index is 0.0330. The zero-order valence-electron chi connectivity index (χ0n) is 19.5. The molecule has 6 nitrogen and oxygen atoms in total. The van der Waals surface area contributed by atoms with E-state index in [0.29, 0.717) is 11.7 Å². The van der Waals surface area contributed by atoms with Crippen LogP contribution in [-0.4, -0.2) is 41.0 Å². The molecule has 1 saturated heterocycles. The van der Waals surface area contributed by atoms with Crippen molar-refractivity contribution in [1.82, 2.24) is 14.9 Å². The number of nitrogens with one attached hydrogen (secondary N) is 1. The number of carbonyl (C=O) groups excluding carboxylic acids is 1. The summed E-state index contributed by atoms with van der Waals surface area (Å²) in [4.78, 5) is 17.7. The molecule has 2 unspecified atom stereocenters. The number of ether oxygens (including phenoxy) is 2.